The minimum absolute atomic E-state index is 0.148. The highest BCUT2D eigenvalue weighted by Crippen LogP contribution is 2.23. The Morgan fingerprint density at radius 2 is 1.72 bits per heavy atom. The molecule has 0 saturated carbocycles. The number of hydrogen-bond acceptors (Lipinski definition) is 4. The van der Waals surface area contributed by atoms with Crippen molar-refractivity contribution in [1.82, 2.24) is 14.7 Å². The molecule has 6 nitrogen and oxygen atoms in total. The third-order valence-electron chi connectivity index (χ3n) is 5.40. The molecule has 1 saturated heterocycles. The van der Waals surface area contributed by atoms with Crippen LogP contribution in [0, 0.1) is 6.92 Å². The Morgan fingerprint density at radius 3 is 2.41 bits per heavy atom. The van der Waals surface area contributed by atoms with Gasteiger partial charge >= 0.3 is 0 Å². The number of rotatable bonds is 6. The van der Waals surface area contributed by atoms with Gasteiger partial charge in [-0.05, 0) is 30.2 Å². The van der Waals surface area contributed by atoms with Gasteiger partial charge in [0, 0.05) is 30.3 Å². The van der Waals surface area contributed by atoms with Crippen molar-refractivity contribution in [3.05, 3.63) is 82.1 Å². The third-order valence-corrected chi connectivity index (χ3v) is 6.73. The highest BCUT2D eigenvalue weighted by atomic mass is 35.5. The summed E-state index contributed by atoms with van der Waals surface area (Å²) in [5, 5.41) is 7.64. The van der Waals surface area contributed by atoms with E-state index in [4.69, 9.17) is 11.6 Å². The number of nitrogens with zero attached hydrogens (tertiary/aromatic N) is 3. The smallest absolute Gasteiger partial charge is 0.260 e. The van der Waals surface area contributed by atoms with E-state index in [2.05, 4.69) is 10.4 Å². The summed E-state index contributed by atoms with van der Waals surface area (Å²) in [6.07, 6.45) is 0.371. The van der Waals surface area contributed by atoms with E-state index in [9.17, 15) is 9.59 Å². The maximum Gasteiger partial charge on any atom is 0.260 e. The maximum absolute atomic E-state index is 12.9. The summed E-state index contributed by atoms with van der Waals surface area (Å²) in [5.41, 5.74) is 3.57. The third kappa shape index (κ3) is 5.34. The normalized spacial score (nSPS) is 13.8. The summed E-state index contributed by atoms with van der Waals surface area (Å²) < 4.78 is 1.63. The van der Waals surface area contributed by atoms with Gasteiger partial charge in [0.15, 0.2) is 0 Å². The maximum atomic E-state index is 12.9. The fraction of sp³-hybridized carbons (Fsp3) is 0.292. The molecule has 2 aromatic carbocycles. The van der Waals surface area contributed by atoms with Crippen molar-refractivity contribution < 1.29 is 9.59 Å². The van der Waals surface area contributed by atoms with Gasteiger partial charge in [-0.1, -0.05) is 54.1 Å². The average Bonchev–Trinajstić information content (AvgIpc) is 3.09. The minimum Gasteiger partial charge on any atom is -0.341 e. The quantitative estimate of drug-likeness (QED) is 0.586. The van der Waals surface area contributed by atoms with Crippen LogP contribution in [0.5, 0.6) is 0 Å². The largest absolute Gasteiger partial charge is 0.341 e. The van der Waals surface area contributed by atoms with Crippen molar-refractivity contribution in [2.45, 2.75) is 19.9 Å². The van der Waals surface area contributed by atoms with Crippen LogP contribution in [-0.2, 0) is 17.8 Å². The molecule has 0 unspecified atom stereocenters. The summed E-state index contributed by atoms with van der Waals surface area (Å²) in [6, 6.07) is 17.2. The first-order chi connectivity index (χ1) is 15.5. The molecular weight excluding hydrogens is 444 g/mol. The van der Waals surface area contributed by atoms with Gasteiger partial charge in [-0.2, -0.15) is 16.9 Å². The van der Waals surface area contributed by atoms with Gasteiger partial charge in [0.2, 0.25) is 5.91 Å². The van der Waals surface area contributed by atoms with Crippen LogP contribution in [0.15, 0.2) is 54.6 Å². The topological polar surface area (TPSA) is 67.2 Å². The van der Waals surface area contributed by atoms with Gasteiger partial charge in [-0.15, -0.1) is 0 Å². The standard InChI is InChI=1S/C24H25ClN4O2S/c1-17-22(23(25)29(27-17)16-19-5-3-2-4-6-19)24(31)26-20-9-7-18(8-10-20)15-21(30)28-11-13-32-14-12-28/h2-10H,11-16H2,1H3,(H,26,31). The van der Waals surface area contributed by atoms with Crippen LogP contribution in [0.1, 0.15) is 27.2 Å². The van der Waals surface area contributed by atoms with Gasteiger partial charge in [0.25, 0.3) is 5.91 Å². The first kappa shape index (κ1) is 22.4. The molecule has 1 N–H and O–H groups in total. The van der Waals surface area contributed by atoms with E-state index < -0.39 is 0 Å². The van der Waals surface area contributed by atoms with Gasteiger partial charge in [-0.3, -0.25) is 9.59 Å². The van der Waals surface area contributed by atoms with Crippen LogP contribution >= 0.6 is 23.4 Å². The summed E-state index contributed by atoms with van der Waals surface area (Å²) in [6.45, 7) is 3.90. The number of aromatic nitrogens is 2. The van der Waals surface area contributed by atoms with Crippen molar-refractivity contribution in [2.24, 2.45) is 0 Å². The molecule has 8 heteroatoms. The second-order valence-electron chi connectivity index (χ2n) is 7.72. The SMILES string of the molecule is Cc1nn(Cc2ccccc2)c(Cl)c1C(=O)Nc1ccc(CC(=O)N2CCSCC2)cc1. The van der Waals surface area contributed by atoms with E-state index in [0.717, 1.165) is 35.7 Å². The Labute approximate surface area is 196 Å². The molecule has 3 aromatic rings. The van der Waals surface area contributed by atoms with Crippen molar-refractivity contribution in [3.63, 3.8) is 0 Å². The van der Waals surface area contributed by atoms with Crippen molar-refractivity contribution >= 4 is 40.9 Å². The molecular formula is C24H25ClN4O2S. The van der Waals surface area contributed by atoms with E-state index in [0.29, 0.717) is 35.1 Å². The van der Waals surface area contributed by atoms with E-state index in [-0.39, 0.29) is 11.8 Å². The van der Waals surface area contributed by atoms with Crippen LogP contribution in [0.25, 0.3) is 0 Å². The molecule has 32 heavy (non-hydrogen) atoms. The Hall–Kier alpha value is -2.77. The number of benzene rings is 2. The fourth-order valence-electron chi connectivity index (χ4n) is 3.67. The lowest BCUT2D eigenvalue weighted by molar-refractivity contribution is -0.130. The molecule has 2 amide bonds. The van der Waals surface area contributed by atoms with Crippen LogP contribution in [0.4, 0.5) is 5.69 Å². The predicted octanol–water partition coefficient (Wildman–Crippen LogP) is 4.26. The Bertz CT molecular complexity index is 1090. The van der Waals surface area contributed by atoms with Crippen molar-refractivity contribution in [3.8, 4) is 0 Å². The molecule has 4 rings (SSSR count). The molecule has 1 aliphatic heterocycles. The lowest BCUT2D eigenvalue weighted by atomic mass is 10.1. The molecule has 0 atom stereocenters. The molecule has 1 aliphatic rings. The number of carbonyl (C=O) groups excluding carboxylic acids is 2. The number of aryl methyl sites for hydroxylation is 1. The first-order valence-electron chi connectivity index (χ1n) is 10.5. The summed E-state index contributed by atoms with van der Waals surface area (Å²) in [7, 11) is 0. The van der Waals surface area contributed by atoms with Crippen molar-refractivity contribution in [2.75, 3.05) is 29.9 Å². The molecule has 0 spiro atoms. The highest BCUT2D eigenvalue weighted by Gasteiger charge is 2.21. The number of hydrogen-bond donors (Lipinski definition) is 1. The van der Waals surface area contributed by atoms with Crippen LogP contribution in [-0.4, -0.2) is 51.1 Å². The number of amides is 2. The first-order valence-corrected chi connectivity index (χ1v) is 12.1. The zero-order chi connectivity index (χ0) is 22.5. The summed E-state index contributed by atoms with van der Waals surface area (Å²) in [5.74, 6) is 1.85. The van der Waals surface area contributed by atoms with Crippen LogP contribution < -0.4 is 5.32 Å². The average molecular weight is 469 g/mol. The highest BCUT2D eigenvalue weighted by molar-refractivity contribution is 7.99. The lowest BCUT2D eigenvalue weighted by Gasteiger charge is -2.26. The molecule has 0 aliphatic carbocycles. The number of thioether (sulfide) groups is 1. The Balaban J connectivity index is 1.40. The molecule has 1 aromatic heterocycles. The molecule has 1 fully saturated rings. The second kappa shape index (κ2) is 10.2. The Morgan fingerprint density at radius 1 is 1.03 bits per heavy atom. The fourth-order valence-corrected chi connectivity index (χ4v) is 4.89. The summed E-state index contributed by atoms with van der Waals surface area (Å²) >= 11 is 8.38. The van der Waals surface area contributed by atoms with Crippen LogP contribution in [0.3, 0.4) is 0 Å². The van der Waals surface area contributed by atoms with E-state index >= 15 is 0 Å². The lowest BCUT2D eigenvalue weighted by Crippen LogP contribution is -2.38. The molecule has 0 radical (unpaired) electrons. The van der Waals surface area contributed by atoms with Gasteiger partial charge in [-0.25, -0.2) is 4.68 Å². The number of anilines is 1. The van der Waals surface area contributed by atoms with E-state index in [1.54, 1.807) is 11.6 Å². The number of halogens is 1. The summed E-state index contributed by atoms with van der Waals surface area (Å²) in [4.78, 5) is 27.2. The Kier molecular flexibility index (Phi) is 7.17. The van der Waals surface area contributed by atoms with Gasteiger partial charge in [0.1, 0.15) is 5.15 Å². The molecule has 0 bridgehead atoms. The van der Waals surface area contributed by atoms with Gasteiger partial charge in [0.05, 0.1) is 24.2 Å². The molecule has 166 valence electrons. The minimum atomic E-state index is -0.304. The van der Waals surface area contributed by atoms with E-state index in [1.807, 2.05) is 71.3 Å². The van der Waals surface area contributed by atoms with Crippen molar-refractivity contribution in [1.29, 1.82) is 0 Å². The second-order valence-corrected chi connectivity index (χ2v) is 9.30. The van der Waals surface area contributed by atoms with E-state index in [1.165, 1.54) is 0 Å². The number of nitrogens with one attached hydrogen (secondary N) is 1. The van der Waals surface area contributed by atoms with Gasteiger partial charge < -0.3 is 10.2 Å². The zero-order valence-corrected chi connectivity index (χ0v) is 19.5. The number of carbonyl (C=O) groups is 2. The molecule has 2 heterocycles. The zero-order valence-electron chi connectivity index (χ0n) is 17.9. The monoisotopic (exact) mass is 468 g/mol. The predicted molar refractivity (Wildman–Crippen MR) is 130 cm³/mol. The van der Waals surface area contributed by atoms with Crippen LogP contribution in [0.2, 0.25) is 5.15 Å².